The van der Waals surface area contributed by atoms with Gasteiger partial charge in [0.25, 0.3) is 11.6 Å². The van der Waals surface area contributed by atoms with Gasteiger partial charge in [-0.25, -0.2) is 0 Å². The minimum absolute atomic E-state index is 0.0933. The van der Waals surface area contributed by atoms with Crippen molar-refractivity contribution in [2.75, 3.05) is 0 Å². The van der Waals surface area contributed by atoms with E-state index >= 15 is 0 Å². The fourth-order valence-corrected chi connectivity index (χ4v) is 3.05. The predicted octanol–water partition coefficient (Wildman–Crippen LogP) is 3.42. The minimum Gasteiger partial charge on any atom is -0.347 e. The number of halogens is 1. The number of nitro benzene ring substituents is 1. The Hall–Kier alpha value is -1.43. The van der Waals surface area contributed by atoms with Gasteiger partial charge in [-0.05, 0) is 41.8 Å². The molecule has 0 heterocycles. The second-order valence-corrected chi connectivity index (χ2v) is 5.91. The third kappa shape index (κ3) is 2.94. The lowest BCUT2D eigenvalue weighted by atomic mass is 10.00. The van der Waals surface area contributed by atoms with E-state index in [1.165, 1.54) is 12.1 Å². The summed E-state index contributed by atoms with van der Waals surface area (Å²) in [4.78, 5) is 22.6. The highest BCUT2D eigenvalue weighted by Gasteiger charge is 2.31. The molecule has 6 heteroatoms. The van der Waals surface area contributed by atoms with Gasteiger partial charge in [0.15, 0.2) is 0 Å². The molecule has 1 saturated carbocycles. The number of carbonyl (C=O) groups is 1. The van der Waals surface area contributed by atoms with Crippen LogP contribution < -0.4 is 5.32 Å². The van der Waals surface area contributed by atoms with Gasteiger partial charge in [-0.2, -0.15) is 0 Å². The summed E-state index contributed by atoms with van der Waals surface area (Å²) in [5.41, 5.74) is 0.0211. The van der Waals surface area contributed by atoms with Crippen LogP contribution in [0.5, 0.6) is 0 Å². The molecule has 0 aromatic heterocycles. The summed E-state index contributed by atoms with van der Waals surface area (Å²) >= 11 is 3.15. The van der Waals surface area contributed by atoms with Crippen molar-refractivity contribution in [1.29, 1.82) is 0 Å². The summed E-state index contributed by atoms with van der Waals surface area (Å²) in [5.74, 6) is -0.264. The Balaban J connectivity index is 2.24. The molecule has 0 bridgehead atoms. The van der Waals surface area contributed by atoms with E-state index in [9.17, 15) is 14.9 Å². The summed E-state index contributed by atoms with van der Waals surface area (Å²) in [6, 6.07) is 4.48. The van der Waals surface area contributed by atoms with Crippen LogP contribution in [-0.4, -0.2) is 16.4 Å². The zero-order valence-corrected chi connectivity index (χ0v) is 12.2. The third-order valence-electron chi connectivity index (χ3n) is 3.54. The number of hydrogen-bond acceptors (Lipinski definition) is 3. The monoisotopic (exact) mass is 326 g/mol. The maximum absolute atomic E-state index is 12.2. The number of nitrogens with zero attached hydrogens (tertiary/aromatic N) is 1. The van der Waals surface area contributed by atoms with E-state index in [1.807, 2.05) is 6.92 Å². The van der Waals surface area contributed by atoms with E-state index in [0.29, 0.717) is 5.56 Å². The van der Waals surface area contributed by atoms with Crippen LogP contribution in [-0.2, 0) is 0 Å². The van der Waals surface area contributed by atoms with Gasteiger partial charge in [0.1, 0.15) is 4.47 Å². The first-order valence-corrected chi connectivity index (χ1v) is 6.98. The van der Waals surface area contributed by atoms with Crippen molar-refractivity contribution >= 4 is 27.5 Å². The number of nitrogens with one attached hydrogen (secondary N) is 1. The zero-order valence-electron chi connectivity index (χ0n) is 10.6. The lowest BCUT2D eigenvalue weighted by Gasteiger charge is -2.25. The van der Waals surface area contributed by atoms with Crippen LogP contribution in [0.2, 0.25) is 0 Å². The van der Waals surface area contributed by atoms with Crippen molar-refractivity contribution in [3.8, 4) is 0 Å². The first kappa shape index (κ1) is 14.0. The minimum atomic E-state index is -0.502. The molecule has 1 aromatic carbocycles. The number of nitro groups is 1. The fourth-order valence-electron chi connectivity index (χ4n) is 2.46. The van der Waals surface area contributed by atoms with Crippen LogP contribution in [0.15, 0.2) is 22.7 Å². The quantitative estimate of drug-likeness (QED) is 0.683. The Bertz CT molecular complexity index is 525. The second-order valence-electron chi connectivity index (χ2n) is 5.12. The molecule has 0 unspecified atom stereocenters. The molecule has 5 nitrogen and oxygen atoms in total. The molecule has 0 aliphatic heterocycles. The van der Waals surface area contributed by atoms with E-state index in [1.54, 1.807) is 6.07 Å². The molecule has 2 rings (SSSR count). The van der Waals surface area contributed by atoms with Gasteiger partial charge in [-0.15, -0.1) is 0 Å². The maximum atomic E-state index is 12.2. The van der Waals surface area contributed by atoms with E-state index in [-0.39, 0.29) is 21.6 Å². The smallest absolute Gasteiger partial charge is 0.284 e. The van der Waals surface area contributed by atoms with E-state index in [0.717, 1.165) is 25.7 Å². The number of carbonyl (C=O) groups excluding carboxylic acids is 1. The summed E-state index contributed by atoms with van der Waals surface area (Å²) in [7, 11) is 0. The van der Waals surface area contributed by atoms with Crippen molar-refractivity contribution in [3.63, 3.8) is 0 Å². The first-order chi connectivity index (χ1) is 8.93. The second kappa shape index (κ2) is 5.28. The van der Waals surface area contributed by atoms with Crippen LogP contribution in [0.1, 0.15) is 43.0 Å². The van der Waals surface area contributed by atoms with Gasteiger partial charge < -0.3 is 5.32 Å². The third-order valence-corrected chi connectivity index (χ3v) is 4.38. The molecule has 0 atom stereocenters. The SMILES string of the molecule is CC1(NC(=O)c2cccc([N+](=O)[O-])c2Br)CCCC1. The lowest BCUT2D eigenvalue weighted by Crippen LogP contribution is -2.43. The highest BCUT2D eigenvalue weighted by atomic mass is 79.9. The normalized spacial score (nSPS) is 17.2. The molecule has 1 aliphatic rings. The van der Waals surface area contributed by atoms with Gasteiger partial charge in [0, 0.05) is 11.6 Å². The topological polar surface area (TPSA) is 72.2 Å². The van der Waals surface area contributed by atoms with Crippen LogP contribution in [0.25, 0.3) is 0 Å². The van der Waals surface area contributed by atoms with E-state index < -0.39 is 4.92 Å². The Morgan fingerprint density at radius 2 is 2.05 bits per heavy atom. The van der Waals surface area contributed by atoms with Crippen molar-refractivity contribution in [1.82, 2.24) is 5.32 Å². The average molecular weight is 327 g/mol. The highest BCUT2D eigenvalue weighted by Crippen LogP contribution is 2.31. The lowest BCUT2D eigenvalue weighted by molar-refractivity contribution is -0.385. The Kier molecular flexibility index (Phi) is 3.89. The molecule has 1 fully saturated rings. The largest absolute Gasteiger partial charge is 0.347 e. The maximum Gasteiger partial charge on any atom is 0.284 e. The van der Waals surface area contributed by atoms with Crippen LogP contribution >= 0.6 is 15.9 Å². The summed E-state index contributed by atoms with van der Waals surface area (Å²) in [6.45, 7) is 2.02. The molecule has 1 aromatic rings. The Morgan fingerprint density at radius 3 is 2.63 bits per heavy atom. The van der Waals surface area contributed by atoms with Crippen molar-refractivity contribution in [2.24, 2.45) is 0 Å². The van der Waals surface area contributed by atoms with Gasteiger partial charge in [0.05, 0.1) is 10.5 Å². The Morgan fingerprint density at radius 1 is 1.42 bits per heavy atom. The predicted molar refractivity (Wildman–Crippen MR) is 75.1 cm³/mol. The molecule has 0 spiro atoms. The van der Waals surface area contributed by atoms with Crippen LogP contribution in [0.3, 0.4) is 0 Å². The molecular weight excluding hydrogens is 312 g/mol. The van der Waals surface area contributed by atoms with E-state index in [2.05, 4.69) is 21.2 Å². The van der Waals surface area contributed by atoms with Gasteiger partial charge in [-0.3, -0.25) is 14.9 Å². The van der Waals surface area contributed by atoms with Crippen LogP contribution in [0, 0.1) is 10.1 Å². The molecule has 0 saturated heterocycles. The molecular formula is C13H15BrN2O3. The standard InChI is InChI=1S/C13H15BrN2O3/c1-13(7-2-3-8-13)15-12(17)9-5-4-6-10(11(9)14)16(18)19/h4-6H,2-3,7-8H2,1H3,(H,15,17). The van der Waals surface area contributed by atoms with Crippen molar-refractivity contribution in [3.05, 3.63) is 38.3 Å². The molecule has 1 N–H and O–H groups in total. The first-order valence-electron chi connectivity index (χ1n) is 6.18. The average Bonchev–Trinajstić information content (AvgIpc) is 2.75. The van der Waals surface area contributed by atoms with Crippen LogP contribution in [0.4, 0.5) is 5.69 Å². The summed E-state index contributed by atoms with van der Waals surface area (Å²) in [6.07, 6.45) is 4.11. The Labute approximate surface area is 119 Å². The summed E-state index contributed by atoms with van der Waals surface area (Å²) < 4.78 is 0.235. The van der Waals surface area contributed by atoms with Crippen molar-refractivity contribution < 1.29 is 9.72 Å². The van der Waals surface area contributed by atoms with E-state index in [4.69, 9.17) is 0 Å². The molecule has 19 heavy (non-hydrogen) atoms. The molecule has 1 amide bonds. The van der Waals surface area contributed by atoms with Gasteiger partial charge in [-0.1, -0.05) is 18.9 Å². The highest BCUT2D eigenvalue weighted by molar-refractivity contribution is 9.10. The number of hydrogen-bond donors (Lipinski definition) is 1. The van der Waals surface area contributed by atoms with Gasteiger partial charge in [0.2, 0.25) is 0 Å². The number of benzene rings is 1. The summed E-state index contributed by atoms with van der Waals surface area (Å²) in [5, 5.41) is 13.8. The fraction of sp³-hybridized carbons (Fsp3) is 0.462. The van der Waals surface area contributed by atoms with Gasteiger partial charge >= 0.3 is 0 Å². The number of rotatable bonds is 3. The molecule has 1 aliphatic carbocycles. The number of amides is 1. The van der Waals surface area contributed by atoms with Crippen molar-refractivity contribution in [2.45, 2.75) is 38.1 Å². The molecule has 0 radical (unpaired) electrons. The zero-order chi connectivity index (χ0) is 14.0. The molecule has 102 valence electrons.